The summed E-state index contributed by atoms with van der Waals surface area (Å²) < 4.78 is 34.3. The van der Waals surface area contributed by atoms with E-state index in [0.717, 1.165) is 0 Å². The van der Waals surface area contributed by atoms with Crippen LogP contribution < -0.4 is 5.32 Å². The summed E-state index contributed by atoms with van der Waals surface area (Å²) in [5.74, 6) is -1.22. The Balaban J connectivity index is 1.56. The molecule has 2 aromatic rings. The van der Waals surface area contributed by atoms with E-state index in [0.29, 0.717) is 11.4 Å². The molecule has 0 radical (unpaired) electrons. The lowest BCUT2D eigenvalue weighted by Crippen LogP contribution is -2.41. The quantitative estimate of drug-likeness (QED) is 0.445. The van der Waals surface area contributed by atoms with Gasteiger partial charge < -0.3 is 10.1 Å². The number of sulfonamides is 1. The SMILES string of the molecule is CC(=O)c1cccc(S(=O)(=O)N2CCC(C(=O)OC(C)C(=O)Nc3ccnn3C(C)C)CC2)c1. The van der Waals surface area contributed by atoms with E-state index in [-0.39, 0.29) is 42.7 Å². The van der Waals surface area contributed by atoms with Crippen LogP contribution in [-0.4, -0.2) is 59.4 Å². The van der Waals surface area contributed by atoms with Crippen molar-refractivity contribution in [2.75, 3.05) is 18.4 Å². The Morgan fingerprint density at radius 1 is 1.12 bits per heavy atom. The lowest BCUT2D eigenvalue weighted by atomic mass is 9.98. The van der Waals surface area contributed by atoms with E-state index in [2.05, 4.69) is 10.4 Å². The molecule has 184 valence electrons. The van der Waals surface area contributed by atoms with Gasteiger partial charge in [0.25, 0.3) is 5.91 Å². The molecule has 0 bridgehead atoms. The number of anilines is 1. The Morgan fingerprint density at radius 2 is 1.79 bits per heavy atom. The third kappa shape index (κ3) is 5.71. The zero-order valence-corrected chi connectivity index (χ0v) is 20.5. The lowest BCUT2D eigenvalue weighted by molar-refractivity contribution is -0.158. The van der Waals surface area contributed by atoms with Crippen LogP contribution in [0.3, 0.4) is 0 Å². The maximum Gasteiger partial charge on any atom is 0.309 e. The third-order valence-corrected chi connectivity index (χ3v) is 7.63. The number of nitrogens with zero attached hydrogens (tertiary/aromatic N) is 3. The highest BCUT2D eigenvalue weighted by atomic mass is 32.2. The number of benzene rings is 1. The van der Waals surface area contributed by atoms with Crippen molar-refractivity contribution in [3.05, 3.63) is 42.1 Å². The molecule has 34 heavy (non-hydrogen) atoms. The number of ketones is 1. The summed E-state index contributed by atoms with van der Waals surface area (Å²) in [7, 11) is -3.79. The first-order valence-electron chi connectivity index (χ1n) is 11.2. The first kappa shape index (κ1) is 25.6. The van der Waals surface area contributed by atoms with Crippen molar-refractivity contribution < 1.29 is 27.5 Å². The number of carbonyl (C=O) groups excluding carboxylic acids is 3. The summed E-state index contributed by atoms with van der Waals surface area (Å²) in [6, 6.07) is 7.63. The van der Waals surface area contributed by atoms with Crippen molar-refractivity contribution in [1.29, 1.82) is 0 Å². The average molecular weight is 491 g/mol. The molecule has 1 N–H and O–H groups in total. The van der Waals surface area contributed by atoms with Gasteiger partial charge in [-0.3, -0.25) is 14.4 Å². The summed E-state index contributed by atoms with van der Waals surface area (Å²) in [5, 5.41) is 6.86. The molecule has 1 aliphatic rings. The van der Waals surface area contributed by atoms with Crippen LogP contribution in [0.1, 0.15) is 56.9 Å². The van der Waals surface area contributed by atoms with Crippen LogP contribution in [0.25, 0.3) is 0 Å². The van der Waals surface area contributed by atoms with E-state index in [1.807, 2.05) is 13.8 Å². The second-order valence-electron chi connectivity index (χ2n) is 8.59. The fraction of sp³-hybridized carbons (Fsp3) is 0.478. The van der Waals surface area contributed by atoms with Gasteiger partial charge in [-0.1, -0.05) is 12.1 Å². The third-order valence-electron chi connectivity index (χ3n) is 5.74. The monoisotopic (exact) mass is 490 g/mol. The van der Waals surface area contributed by atoms with E-state index in [9.17, 15) is 22.8 Å². The van der Waals surface area contributed by atoms with Crippen LogP contribution in [0.2, 0.25) is 0 Å². The Morgan fingerprint density at radius 3 is 2.41 bits per heavy atom. The number of ether oxygens (including phenoxy) is 1. The standard InChI is InChI=1S/C23H30N4O6S/c1-15(2)27-21(8-11-24-27)25-22(29)17(4)33-23(30)18-9-12-26(13-10-18)34(31,32)20-7-5-6-19(14-20)16(3)28/h5-8,11,14-15,17-18H,9-10,12-13H2,1-4H3,(H,25,29). The second-order valence-corrected chi connectivity index (χ2v) is 10.5. The van der Waals surface area contributed by atoms with Gasteiger partial charge in [0.2, 0.25) is 10.0 Å². The molecular formula is C23H30N4O6S. The van der Waals surface area contributed by atoms with Crippen molar-refractivity contribution >= 4 is 33.5 Å². The minimum atomic E-state index is -3.79. The highest BCUT2D eigenvalue weighted by molar-refractivity contribution is 7.89. The van der Waals surface area contributed by atoms with E-state index >= 15 is 0 Å². The van der Waals surface area contributed by atoms with E-state index < -0.39 is 33.9 Å². The van der Waals surface area contributed by atoms with Gasteiger partial charge in [0.05, 0.1) is 17.0 Å². The van der Waals surface area contributed by atoms with Gasteiger partial charge in [0.1, 0.15) is 5.82 Å². The molecule has 1 aromatic carbocycles. The molecule has 0 saturated carbocycles. The molecule has 11 heteroatoms. The Labute approximate surface area is 199 Å². The molecule has 1 aromatic heterocycles. The molecule has 10 nitrogen and oxygen atoms in total. The van der Waals surface area contributed by atoms with Crippen LogP contribution >= 0.6 is 0 Å². The highest BCUT2D eigenvalue weighted by Crippen LogP contribution is 2.26. The normalized spacial score (nSPS) is 16.3. The molecular weight excluding hydrogens is 460 g/mol. The summed E-state index contributed by atoms with van der Waals surface area (Å²) in [6.07, 6.45) is 1.11. The van der Waals surface area contributed by atoms with Gasteiger partial charge in [-0.05, 0) is 52.7 Å². The topological polar surface area (TPSA) is 128 Å². The minimum Gasteiger partial charge on any atom is -0.452 e. The number of Topliss-reactive ketones (excluding diaryl/α,β-unsaturated/α-hetero) is 1. The number of hydrogen-bond donors (Lipinski definition) is 1. The Bertz CT molecular complexity index is 1170. The second kappa shape index (κ2) is 10.5. The van der Waals surface area contributed by atoms with Crippen molar-refractivity contribution in [3.8, 4) is 0 Å². The van der Waals surface area contributed by atoms with Crippen LogP contribution in [0, 0.1) is 5.92 Å². The van der Waals surface area contributed by atoms with Crippen molar-refractivity contribution in [1.82, 2.24) is 14.1 Å². The predicted molar refractivity (Wildman–Crippen MR) is 125 cm³/mol. The number of carbonyl (C=O) groups is 3. The molecule has 1 unspecified atom stereocenters. The summed E-state index contributed by atoms with van der Waals surface area (Å²) >= 11 is 0. The molecule has 3 rings (SSSR count). The number of nitrogens with one attached hydrogen (secondary N) is 1. The molecule has 1 fully saturated rings. The summed E-state index contributed by atoms with van der Waals surface area (Å²) in [5.41, 5.74) is 0.322. The van der Waals surface area contributed by atoms with Gasteiger partial charge >= 0.3 is 5.97 Å². The zero-order valence-electron chi connectivity index (χ0n) is 19.7. The van der Waals surface area contributed by atoms with E-state index in [1.54, 1.807) is 23.0 Å². The largest absolute Gasteiger partial charge is 0.452 e. The number of rotatable bonds is 8. The fourth-order valence-electron chi connectivity index (χ4n) is 3.73. The van der Waals surface area contributed by atoms with Crippen molar-refractivity contribution in [2.24, 2.45) is 5.92 Å². The van der Waals surface area contributed by atoms with E-state index in [1.165, 1.54) is 36.4 Å². The Kier molecular flexibility index (Phi) is 7.88. The minimum absolute atomic E-state index is 0.0483. The van der Waals surface area contributed by atoms with Crippen LogP contribution in [0.15, 0.2) is 41.4 Å². The predicted octanol–water partition coefficient (Wildman–Crippen LogP) is 2.64. The number of amides is 1. The smallest absolute Gasteiger partial charge is 0.309 e. The van der Waals surface area contributed by atoms with Gasteiger partial charge in [0.15, 0.2) is 11.9 Å². The van der Waals surface area contributed by atoms with Crippen LogP contribution in [0.4, 0.5) is 5.82 Å². The van der Waals surface area contributed by atoms with Gasteiger partial charge in [-0.2, -0.15) is 9.40 Å². The van der Waals surface area contributed by atoms with Crippen LogP contribution in [-0.2, 0) is 24.3 Å². The number of piperidine rings is 1. The first-order valence-corrected chi connectivity index (χ1v) is 12.6. The van der Waals surface area contributed by atoms with E-state index in [4.69, 9.17) is 4.74 Å². The maximum absolute atomic E-state index is 13.0. The number of aromatic nitrogens is 2. The molecule has 1 amide bonds. The molecule has 1 saturated heterocycles. The van der Waals surface area contributed by atoms with Crippen molar-refractivity contribution in [3.63, 3.8) is 0 Å². The lowest BCUT2D eigenvalue weighted by Gasteiger charge is -2.30. The van der Waals surface area contributed by atoms with Crippen LogP contribution in [0.5, 0.6) is 0 Å². The van der Waals surface area contributed by atoms with Gasteiger partial charge in [-0.25, -0.2) is 13.1 Å². The zero-order chi connectivity index (χ0) is 25.0. The molecule has 1 atom stereocenters. The maximum atomic E-state index is 13.0. The highest BCUT2D eigenvalue weighted by Gasteiger charge is 2.34. The van der Waals surface area contributed by atoms with Gasteiger partial charge in [0, 0.05) is 30.8 Å². The van der Waals surface area contributed by atoms with Gasteiger partial charge in [-0.15, -0.1) is 0 Å². The van der Waals surface area contributed by atoms with Crippen molar-refractivity contribution in [2.45, 2.75) is 57.6 Å². The molecule has 0 aliphatic carbocycles. The first-order chi connectivity index (χ1) is 16.0. The summed E-state index contributed by atoms with van der Waals surface area (Å²) in [4.78, 5) is 36.7. The number of esters is 1. The molecule has 1 aliphatic heterocycles. The molecule has 0 spiro atoms. The molecule has 2 heterocycles. The number of hydrogen-bond acceptors (Lipinski definition) is 7. The Hall–Kier alpha value is -3.05. The summed E-state index contributed by atoms with van der Waals surface area (Å²) in [6.45, 7) is 7.01. The fourth-order valence-corrected chi connectivity index (χ4v) is 5.25. The average Bonchev–Trinajstić information content (AvgIpc) is 3.27.